The first kappa shape index (κ1) is 22.7. The minimum absolute atomic E-state index is 0.00598. The molecule has 0 fully saturated rings. The van der Waals surface area contributed by atoms with Crippen molar-refractivity contribution in [2.24, 2.45) is 0 Å². The molecule has 10 nitrogen and oxygen atoms in total. The SMILES string of the molecule is COc1c2c(cc3c1C(CC(=O)c1c(O)n(Cc4ccccc4)c(=O)[nH]c1=O)N(C)CC3)OCO2. The lowest BCUT2D eigenvalue weighted by molar-refractivity contribution is 0.0919. The Kier molecular flexibility index (Phi) is 5.81. The fourth-order valence-electron chi connectivity index (χ4n) is 4.78. The highest BCUT2D eigenvalue weighted by atomic mass is 16.7. The fourth-order valence-corrected chi connectivity index (χ4v) is 4.78. The molecule has 2 aromatic carbocycles. The van der Waals surface area contributed by atoms with Crippen LogP contribution in [0.25, 0.3) is 0 Å². The van der Waals surface area contributed by atoms with Crippen molar-refractivity contribution in [3.63, 3.8) is 0 Å². The Balaban J connectivity index is 1.53. The van der Waals surface area contributed by atoms with Gasteiger partial charge in [0, 0.05) is 24.6 Å². The van der Waals surface area contributed by atoms with Crippen LogP contribution in [0, 0.1) is 0 Å². The fraction of sp³-hybridized carbons (Fsp3) is 0.320. The number of aromatic amines is 1. The number of ether oxygens (including phenoxy) is 3. The van der Waals surface area contributed by atoms with Gasteiger partial charge in [-0.1, -0.05) is 30.3 Å². The molecule has 1 atom stereocenters. The number of carbonyl (C=O) groups is 1. The number of nitrogens with zero attached hydrogens (tertiary/aromatic N) is 2. The Morgan fingerprint density at radius 1 is 1.23 bits per heavy atom. The summed E-state index contributed by atoms with van der Waals surface area (Å²) in [5.74, 6) is 0.332. The summed E-state index contributed by atoms with van der Waals surface area (Å²) < 4.78 is 17.8. The first-order valence-electron chi connectivity index (χ1n) is 11.2. The number of hydrogen-bond acceptors (Lipinski definition) is 8. The summed E-state index contributed by atoms with van der Waals surface area (Å²) >= 11 is 0. The maximum atomic E-state index is 13.4. The number of aromatic hydroxyl groups is 1. The summed E-state index contributed by atoms with van der Waals surface area (Å²) in [5.41, 5.74) is 0.333. The molecule has 5 rings (SSSR count). The van der Waals surface area contributed by atoms with Gasteiger partial charge >= 0.3 is 5.69 Å². The van der Waals surface area contributed by atoms with Crippen LogP contribution >= 0.6 is 0 Å². The minimum atomic E-state index is -0.918. The third kappa shape index (κ3) is 3.95. The van der Waals surface area contributed by atoms with Crippen molar-refractivity contribution in [3.05, 3.63) is 79.5 Å². The number of carbonyl (C=O) groups excluding carboxylic acids is 1. The van der Waals surface area contributed by atoms with E-state index in [-0.39, 0.29) is 19.8 Å². The molecule has 35 heavy (non-hydrogen) atoms. The topological polar surface area (TPSA) is 123 Å². The minimum Gasteiger partial charge on any atom is -0.494 e. The van der Waals surface area contributed by atoms with E-state index in [1.165, 1.54) is 7.11 Å². The second-order valence-electron chi connectivity index (χ2n) is 8.62. The Hall–Kier alpha value is -4.05. The predicted octanol–water partition coefficient (Wildman–Crippen LogP) is 1.83. The van der Waals surface area contributed by atoms with Crippen LogP contribution in [-0.2, 0) is 13.0 Å². The van der Waals surface area contributed by atoms with Crippen molar-refractivity contribution in [2.75, 3.05) is 27.5 Å². The van der Waals surface area contributed by atoms with Gasteiger partial charge in [-0.3, -0.25) is 24.0 Å². The van der Waals surface area contributed by atoms with Gasteiger partial charge in [-0.15, -0.1) is 0 Å². The maximum Gasteiger partial charge on any atom is 0.331 e. The van der Waals surface area contributed by atoms with Crippen molar-refractivity contribution in [1.29, 1.82) is 0 Å². The van der Waals surface area contributed by atoms with Crippen LogP contribution in [0.4, 0.5) is 0 Å². The highest BCUT2D eigenvalue weighted by Crippen LogP contribution is 2.50. The molecule has 2 aliphatic rings. The summed E-state index contributed by atoms with van der Waals surface area (Å²) in [7, 11) is 3.41. The maximum absolute atomic E-state index is 13.4. The summed E-state index contributed by atoms with van der Waals surface area (Å²) in [4.78, 5) is 42.7. The normalized spacial score (nSPS) is 16.7. The number of rotatable bonds is 6. The van der Waals surface area contributed by atoms with Gasteiger partial charge in [0.1, 0.15) is 5.56 Å². The van der Waals surface area contributed by atoms with Crippen LogP contribution in [0.3, 0.4) is 0 Å². The summed E-state index contributed by atoms with van der Waals surface area (Å²) in [5, 5.41) is 10.8. The van der Waals surface area contributed by atoms with E-state index >= 15 is 0 Å². The quantitative estimate of drug-likeness (QED) is 0.514. The van der Waals surface area contributed by atoms with Crippen molar-refractivity contribution in [3.8, 4) is 23.1 Å². The number of ketones is 1. The first-order chi connectivity index (χ1) is 16.9. The second kappa shape index (κ2) is 8.95. The molecule has 1 unspecified atom stereocenters. The standard InChI is InChI=1S/C25H25N3O7/c1-27-9-8-15-10-18-21(35-13-34-18)22(33-2)19(15)16(27)11-17(29)20-23(30)26-25(32)28(24(20)31)12-14-6-4-3-5-7-14/h3-7,10,16,31H,8-9,11-13H2,1-2H3,(H,26,30,32). The van der Waals surface area contributed by atoms with Gasteiger partial charge in [-0.25, -0.2) is 4.79 Å². The average molecular weight is 479 g/mol. The second-order valence-corrected chi connectivity index (χ2v) is 8.62. The Labute approximate surface area is 200 Å². The molecule has 0 saturated heterocycles. The highest BCUT2D eigenvalue weighted by molar-refractivity contribution is 5.98. The molecule has 3 heterocycles. The molecule has 0 radical (unpaired) electrons. The number of benzene rings is 2. The lowest BCUT2D eigenvalue weighted by Crippen LogP contribution is -2.37. The molecule has 0 aliphatic carbocycles. The van der Waals surface area contributed by atoms with Gasteiger partial charge in [0.25, 0.3) is 5.56 Å². The third-order valence-electron chi connectivity index (χ3n) is 6.56. The highest BCUT2D eigenvalue weighted by Gasteiger charge is 2.36. The van der Waals surface area contributed by atoms with Gasteiger partial charge in [-0.2, -0.15) is 0 Å². The number of Topliss-reactive ketones (excluding diaryl/α,β-unsaturated/α-hetero) is 1. The molecule has 10 heteroatoms. The third-order valence-corrected chi connectivity index (χ3v) is 6.56. The predicted molar refractivity (Wildman–Crippen MR) is 126 cm³/mol. The van der Waals surface area contributed by atoms with Gasteiger partial charge in [-0.05, 0) is 30.7 Å². The van der Waals surface area contributed by atoms with Crippen LogP contribution < -0.4 is 25.5 Å². The van der Waals surface area contributed by atoms with Crippen LogP contribution in [-0.4, -0.2) is 52.8 Å². The van der Waals surface area contributed by atoms with Crippen molar-refractivity contribution < 1.29 is 24.1 Å². The van der Waals surface area contributed by atoms with Gasteiger partial charge < -0.3 is 19.3 Å². The molecule has 0 saturated carbocycles. The monoisotopic (exact) mass is 479 g/mol. The Morgan fingerprint density at radius 3 is 2.74 bits per heavy atom. The van der Waals surface area contributed by atoms with E-state index in [0.717, 1.165) is 27.7 Å². The number of fused-ring (bicyclic) bond motifs is 2. The van der Waals surface area contributed by atoms with Crippen LogP contribution in [0.15, 0.2) is 46.0 Å². The molecule has 3 aromatic rings. The van der Waals surface area contributed by atoms with Gasteiger partial charge in [0.05, 0.1) is 13.7 Å². The lowest BCUT2D eigenvalue weighted by Gasteiger charge is -2.35. The summed E-state index contributed by atoms with van der Waals surface area (Å²) in [6.45, 7) is 0.760. The lowest BCUT2D eigenvalue weighted by atomic mass is 9.87. The van der Waals surface area contributed by atoms with Crippen LogP contribution in [0.2, 0.25) is 0 Å². The van der Waals surface area contributed by atoms with Crippen LogP contribution in [0.5, 0.6) is 23.1 Å². The zero-order chi connectivity index (χ0) is 24.7. The molecular formula is C25H25N3O7. The van der Waals surface area contributed by atoms with E-state index in [2.05, 4.69) is 4.98 Å². The number of methoxy groups -OCH3 is 1. The number of likely N-dealkylation sites (N-methyl/N-ethyl adjacent to an activating group) is 1. The van der Waals surface area contributed by atoms with E-state index in [9.17, 15) is 19.5 Å². The van der Waals surface area contributed by atoms with E-state index in [4.69, 9.17) is 14.2 Å². The molecule has 182 valence electrons. The van der Waals surface area contributed by atoms with E-state index in [1.807, 2.05) is 24.1 Å². The van der Waals surface area contributed by atoms with Crippen molar-refractivity contribution in [2.45, 2.75) is 25.4 Å². The van der Waals surface area contributed by atoms with Crippen molar-refractivity contribution >= 4 is 5.78 Å². The molecule has 1 aromatic heterocycles. The number of hydrogen-bond donors (Lipinski definition) is 2. The Morgan fingerprint density at radius 2 is 2.00 bits per heavy atom. The zero-order valence-electron chi connectivity index (χ0n) is 19.4. The first-order valence-corrected chi connectivity index (χ1v) is 11.2. The zero-order valence-corrected chi connectivity index (χ0v) is 19.4. The summed E-state index contributed by atoms with van der Waals surface area (Å²) in [6, 6.07) is 10.4. The molecule has 0 spiro atoms. The molecular weight excluding hydrogens is 454 g/mol. The largest absolute Gasteiger partial charge is 0.494 e. The average Bonchev–Trinajstić information content (AvgIpc) is 3.31. The number of nitrogens with one attached hydrogen (secondary N) is 1. The summed E-state index contributed by atoms with van der Waals surface area (Å²) in [6.07, 6.45) is 0.608. The van der Waals surface area contributed by atoms with E-state index in [1.54, 1.807) is 24.3 Å². The van der Waals surface area contributed by atoms with E-state index in [0.29, 0.717) is 23.8 Å². The molecule has 0 amide bonds. The molecule has 2 N–H and O–H groups in total. The molecule has 0 bridgehead atoms. The Bertz CT molecular complexity index is 1410. The van der Waals surface area contributed by atoms with Crippen molar-refractivity contribution in [1.82, 2.24) is 14.5 Å². The van der Waals surface area contributed by atoms with Crippen LogP contribution in [0.1, 0.15) is 39.5 Å². The number of H-pyrrole nitrogens is 1. The van der Waals surface area contributed by atoms with E-state index < -0.39 is 34.5 Å². The van der Waals surface area contributed by atoms with Gasteiger partial charge in [0.15, 0.2) is 17.3 Å². The molecule has 2 aliphatic heterocycles. The smallest absolute Gasteiger partial charge is 0.331 e. The number of aromatic nitrogens is 2. The van der Waals surface area contributed by atoms with Gasteiger partial charge in [0.2, 0.25) is 18.4 Å².